The number of hydrogen-bond donors (Lipinski definition) is 0. The molecule has 10 heteroatoms. The van der Waals surface area contributed by atoms with Crippen LogP contribution in [-0.2, 0) is 14.3 Å². The second-order valence-electron chi connectivity index (χ2n) is 8.79. The van der Waals surface area contributed by atoms with Crippen LogP contribution in [0.1, 0.15) is 28.7 Å². The summed E-state index contributed by atoms with van der Waals surface area (Å²) >= 11 is 0. The molecular weight excluding hydrogens is 458 g/mol. The zero-order valence-electron chi connectivity index (χ0n) is 20.2. The molecule has 5 rings (SSSR count). The molecule has 0 aromatic heterocycles. The summed E-state index contributed by atoms with van der Waals surface area (Å²) in [5.41, 5.74) is 2.29. The fourth-order valence-electron chi connectivity index (χ4n) is 5.16. The summed E-state index contributed by atoms with van der Waals surface area (Å²) < 4.78 is 39.3. The van der Waals surface area contributed by atoms with Crippen molar-refractivity contribution in [2.24, 2.45) is 11.8 Å². The third-order valence-corrected chi connectivity index (χ3v) is 6.76. The van der Waals surface area contributed by atoms with Gasteiger partial charge in [-0.15, -0.1) is 0 Å². The number of carbonyl (C=O) groups excluding carboxylic acids is 2. The molecule has 1 fully saturated rings. The zero-order chi connectivity index (χ0) is 24.9. The maximum Gasteiger partial charge on any atom is 0.409 e. The number of hydrogen-bond acceptors (Lipinski definition) is 9. The second kappa shape index (κ2) is 8.75. The molecule has 3 aliphatic rings. The lowest BCUT2D eigenvalue weighted by Crippen LogP contribution is -2.38. The summed E-state index contributed by atoms with van der Waals surface area (Å²) in [7, 11) is 7.83. The minimum atomic E-state index is -0.705. The van der Waals surface area contributed by atoms with Crippen LogP contribution in [0.2, 0.25) is 0 Å². The second-order valence-corrected chi connectivity index (χ2v) is 8.79. The molecule has 0 N–H and O–H groups in total. The van der Waals surface area contributed by atoms with Crippen molar-refractivity contribution in [3.05, 3.63) is 41.0 Å². The average Bonchev–Trinajstić information content (AvgIpc) is 3.48. The first-order chi connectivity index (χ1) is 16.9. The largest absolute Gasteiger partial charge is 0.493 e. The Labute approximate surface area is 202 Å². The van der Waals surface area contributed by atoms with Gasteiger partial charge in [-0.25, -0.2) is 4.79 Å². The number of ether oxygens (including phenoxy) is 7. The van der Waals surface area contributed by atoms with E-state index >= 15 is 0 Å². The Morgan fingerprint density at radius 3 is 2.11 bits per heavy atom. The lowest BCUT2D eigenvalue weighted by Gasteiger charge is -2.39. The highest BCUT2D eigenvalue weighted by Gasteiger charge is 2.54. The lowest BCUT2D eigenvalue weighted by molar-refractivity contribution is -0.141. The van der Waals surface area contributed by atoms with Crippen LogP contribution in [0.3, 0.4) is 0 Å². The van der Waals surface area contributed by atoms with Gasteiger partial charge in [0.15, 0.2) is 23.0 Å². The van der Waals surface area contributed by atoms with E-state index in [1.807, 2.05) is 24.3 Å². The molecule has 35 heavy (non-hydrogen) atoms. The van der Waals surface area contributed by atoms with Gasteiger partial charge in [-0.2, -0.15) is 0 Å². The number of methoxy groups -OCH3 is 3. The van der Waals surface area contributed by atoms with Gasteiger partial charge in [0.25, 0.3) is 0 Å². The van der Waals surface area contributed by atoms with Crippen molar-refractivity contribution < 1.29 is 42.7 Å². The Hall–Kier alpha value is -3.82. The summed E-state index contributed by atoms with van der Waals surface area (Å²) in [6.07, 6.45) is -1.22. The van der Waals surface area contributed by atoms with Gasteiger partial charge in [0.2, 0.25) is 12.5 Å². The number of rotatable bonds is 5. The third kappa shape index (κ3) is 3.64. The summed E-state index contributed by atoms with van der Waals surface area (Å²) in [6.45, 7) is 0.216. The zero-order valence-corrected chi connectivity index (χ0v) is 20.2. The molecule has 0 radical (unpaired) electrons. The normalized spacial score (nSPS) is 23.6. The average molecular weight is 485 g/mol. The highest BCUT2D eigenvalue weighted by molar-refractivity contribution is 5.79. The van der Waals surface area contributed by atoms with Crippen LogP contribution in [0.15, 0.2) is 24.3 Å². The summed E-state index contributed by atoms with van der Waals surface area (Å²) in [6, 6.07) is 7.34. The summed E-state index contributed by atoms with van der Waals surface area (Å²) in [4.78, 5) is 27.1. The Morgan fingerprint density at radius 1 is 0.914 bits per heavy atom. The molecule has 0 unspecified atom stereocenters. The standard InChI is InChI=1S/C25H27NO9/c1-26(2)25(28)35-22-14-9-17-16(33-11-34-17)8-13(14)20(21-15(22)10-32-24(21)27)12-6-18(29-3)23(31-5)19(7-12)30-4/h6-9,15,20-22H,10-11H2,1-5H3/t15-,20+,21-,22+/m0/s1. The predicted octanol–water partition coefficient (Wildman–Crippen LogP) is 3.12. The molecule has 4 atom stereocenters. The van der Waals surface area contributed by atoms with Crippen molar-refractivity contribution in [1.82, 2.24) is 4.90 Å². The van der Waals surface area contributed by atoms with Crippen LogP contribution in [0.5, 0.6) is 28.7 Å². The van der Waals surface area contributed by atoms with Crippen molar-refractivity contribution in [2.45, 2.75) is 12.0 Å². The van der Waals surface area contributed by atoms with Gasteiger partial charge in [-0.05, 0) is 35.4 Å². The Kier molecular flexibility index (Phi) is 5.74. The minimum Gasteiger partial charge on any atom is -0.493 e. The van der Waals surface area contributed by atoms with Gasteiger partial charge < -0.3 is 38.1 Å². The van der Waals surface area contributed by atoms with Gasteiger partial charge in [-0.1, -0.05) is 0 Å². The highest BCUT2D eigenvalue weighted by Crippen LogP contribution is 2.56. The van der Waals surface area contributed by atoms with Gasteiger partial charge in [-0.3, -0.25) is 4.79 Å². The van der Waals surface area contributed by atoms with Crippen molar-refractivity contribution in [2.75, 3.05) is 48.8 Å². The first kappa shape index (κ1) is 22.9. The number of amides is 1. The molecule has 1 aliphatic carbocycles. The van der Waals surface area contributed by atoms with E-state index in [0.717, 1.165) is 16.7 Å². The van der Waals surface area contributed by atoms with Gasteiger partial charge in [0.05, 0.1) is 33.9 Å². The molecule has 10 nitrogen and oxygen atoms in total. The van der Waals surface area contributed by atoms with Crippen LogP contribution in [0, 0.1) is 11.8 Å². The topological polar surface area (TPSA) is 102 Å². The van der Waals surface area contributed by atoms with Crippen LogP contribution in [0.4, 0.5) is 4.79 Å². The van der Waals surface area contributed by atoms with Crippen molar-refractivity contribution in [1.29, 1.82) is 0 Å². The van der Waals surface area contributed by atoms with Crippen LogP contribution < -0.4 is 23.7 Å². The van der Waals surface area contributed by atoms with E-state index in [4.69, 9.17) is 33.2 Å². The number of esters is 1. The molecule has 0 bridgehead atoms. The van der Waals surface area contributed by atoms with E-state index in [1.165, 1.54) is 26.2 Å². The molecule has 2 heterocycles. The van der Waals surface area contributed by atoms with Gasteiger partial charge in [0, 0.05) is 31.5 Å². The minimum absolute atomic E-state index is 0.0874. The van der Waals surface area contributed by atoms with E-state index in [-0.39, 0.29) is 19.4 Å². The van der Waals surface area contributed by atoms with E-state index in [0.29, 0.717) is 28.7 Å². The molecule has 2 aromatic carbocycles. The molecule has 0 spiro atoms. The fraction of sp³-hybridized carbons (Fsp3) is 0.440. The van der Waals surface area contributed by atoms with E-state index in [2.05, 4.69) is 0 Å². The third-order valence-electron chi connectivity index (χ3n) is 6.76. The molecular formula is C25H27NO9. The molecule has 1 amide bonds. The maximum atomic E-state index is 13.1. The number of cyclic esters (lactones) is 1. The van der Waals surface area contributed by atoms with E-state index in [1.54, 1.807) is 14.1 Å². The number of nitrogens with zero attached hydrogens (tertiary/aromatic N) is 1. The molecule has 186 valence electrons. The predicted molar refractivity (Wildman–Crippen MR) is 121 cm³/mol. The first-order valence-electron chi connectivity index (χ1n) is 11.2. The summed E-state index contributed by atoms with van der Waals surface area (Å²) in [5, 5.41) is 0. The SMILES string of the molecule is COc1cc([C@@H]2c3cc4c(cc3[C@@H](OC(=O)N(C)C)[C@H]3COC(=O)[C@H]23)OCO4)cc(OC)c1OC. The quantitative estimate of drug-likeness (QED) is 0.591. The lowest BCUT2D eigenvalue weighted by atomic mass is 9.66. The smallest absolute Gasteiger partial charge is 0.409 e. The Bertz CT molecular complexity index is 1150. The summed E-state index contributed by atoms with van der Waals surface area (Å²) in [5.74, 6) is 0.690. The Balaban J connectivity index is 1.73. The van der Waals surface area contributed by atoms with Crippen molar-refractivity contribution >= 4 is 12.1 Å². The first-order valence-corrected chi connectivity index (χ1v) is 11.2. The van der Waals surface area contributed by atoms with E-state index < -0.39 is 30.0 Å². The number of fused-ring (bicyclic) bond motifs is 3. The van der Waals surface area contributed by atoms with Crippen LogP contribution >= 0.6 is 0 Å². The monoisotopic (exact) mass is 485 g/mol. The molecule has 2 aliphatic heterocycles. The van der Waals surface area contributed by atoms with E-state index in [9.17, 15) is 9.59 Å². The van der Waals surface area contributed by atoms with Crippen LogP contribution in [0.25, 0.3) is 0 Å². The maximum absolute atomic E-state index is 13.1. The number of carbonyl (C=O) groups is 2. The molecule has 2 aromatic rings. The van der Waals surface area contributed by atoms with Crippen LogP contribution in [-0.4, -0.2) is 65.8 Å². The number of benzene rings is 2. The van der Waals surface area contributed by atoms with Crippen molar-refractivity contribution in [3.63, 3.8) is 0 Å². The van der Waals surface area contributed by atoms with Crippen molar-refractivity contribution in [3.8, 4) is 28.7 Å². The fourth-order valence-corrected chi connectivity index (χ4v) is 5.16. The highest BCUT2D eigenvalue weighted by atomic mass is 16.7. The van der Waals surface area contributed by atoms with Gasteiger partial charge >= 0.3 is 12.1 Å². The Morgan fingerprint density at radius 2 is 1.54 bits per heavy atom. The molecule has 0 saturated carbocycles. The van der Waals surface area contributed by atoms with Gasteiger partial charge in [0.1, 0.15) is 6.10 Å². The molecule has 1 saturated heterocycles.